The van der Waals surface area contributed by atoms with Crippen LogP contribution in [0.1, 0.15) is 47.7 Å². The summed E-state index contributed by atoms with van der Waals surface area (Å²) in [6, 6.07) is 15.9. The van der Waals surface area contributed by atoms with Crippen molar-refractivity contribution in [2.24, 2.45) is 4.99 Å². The molecule has 0 bridgehead atoms. The van der Waals surface area contributed by atoms with E-state index in [1.807, 2.05) is 50.3 Å². The molecule has 0 saturated carbocycles. The molecule has 2 heterocycles. The molecule has 0 radical (unpaired) electrons. The fourth-order valence-electron chi connectivity index (χ4n) is 5.13. The molecule has 222 valence electrons. The predicted octanol–water partition coefficient (Wildman–Crippen LogP) is 6.31. The lowest BCUT2D eigenvalue weighted by atomic mass is 9.96. The van der Waals surface area contributed by atoms with Crippen LogP contribution in [0.4, 0.5) is 0 Å². The minimum absolute atomic E-state index is 0.209. The highest BCUT2D eigenvalue weighted by Gasteiger charge is 2.33. The fraction of sp³-hybridized carbons (Fsp3) is 0.242. The van der Waals surface area contributed by atoms with Gasteiger partial charge in [0.25, 0.3) is 5.56 Å². The van der Waals surface area contributed by atoms with Crippen molar-refractivity contribution in [2.45, 2.75) is 40.3 Å². The number of rotatable bonds is 8. The molecule has 1 aliphatic rings. The number of aromatic nitrogens is 1. The van der Waals surface area contributed by atoms with E-state index in [1.165, 1.54) is 11.3 Å². The number of thiazole rings is 1. The number of carbonyl (C=O) groups excluding carboxylic acids is 1. The Morgan fingerprint density at radius 3 is 2.37 bits per heavy atom. The molecule has 7 nitrogen and oxygen atoms in total. The molecule has 0 aliphatic carbocycles. The van der Waals surface area contributed by atoms with Crippen LogP contribution < -0.4 is 24.4 Å². The van der Waals surface area contributed by atoms with Crippen LogP contribution in [0.25, 0.3) is 6.08 Å². The number of methoxy groups -OCH3 is 1. The van der Waals surface area contributed by atoms with E-state index < -0.39 is 12.0 Å². The zero-order chi connectivity index (χ0) is 30.8. The van der Waals surface area contributed by atoms with Gasteiger partial charge in [-0.1, -0.05) is 52.7 Å². The topological polar surface area (TPSA) is 79.1 Å². The highest BCUT2D eigenvalue weighted by Crippen LogP contribution is 2.32. The minimum Gasteiger partial charge on any atom is -0.497 e. The summed E-state index contributed by atoms with van der Waals surface area (Å²) in [5.41, 5.74) is 4.87. The molecule has 43 heavy (non-hydrogen) atoms. The van der Waals surface area contributed by atoms with Crippen LogP contribution in [0.15, 0.2) is 75.7 Å². The van der Waals surface area contributed by atoms with Crippen LogP contribution in [0, 0.1) is 13.8 Å². The van der Waals surface area contributed by atoms with Crippen LogP contribution in [0.5, 0.6) is 11.5 Å². The first-order chi connectivity index (χ1) is 20.6. The lowest BCUT2D eigenvalue weighted by Gasteiger charge is -2.24. The van der Waals surface area contributed by atoms with Gasteiger partial charge in [-0.3, -0.25) is 9.36 Å². The molecule has 0 fully saturated rings. The van der Waals surface area contributed by atoms with Crippen LogP contribution in [0.2, 0.25) is 10.0 Å². The van der Waals surface area contributed by atoms with Crippen LogP contribution >= 0.6 is 34.5 Å². The van der Waals surface area contributed by atoms with Gasteiger partial charge >= 0.3 is 5.97 Å². The minimum atomic E-state index is -0.692. The number of ether oxygens (including phenoxy) is 3. The second kappa shape index (κ2) is 12.8. The maximum atomic E-state index is 13.9. The van der Waals surface area contributed by atoms with E-state index in [0.29, 0.717) is 43.0 Å². The van der Waals surface area contributed by atoms with Gasteiger partial charge in [0.1, 0.15) is 18.1 Å². The molecular formula is C33H30Cl2N2O5S. The van der Waals surface area contributed by atoms with Crippen molar-refractivity contribution in [3.8, 4) is 11.5 Å². The third kappa shape index (κ3) is 6.27. The van der Waals surface area contributed by atoms with Gasteiger partial charge in [0.05, 0.1) is 35.6 Å². The quantitative estimate of drug-likeness (QED) is 0.212. The first kappa shape index (κ1) is 30.6. The van der Waals surface area contributed by atoms with Crippen LogP contribution in [-0.4, -0.2) is 24.3 Å². The standard InChI is InChI=1S/C33H30Cl2N2O5S/c1-6-41-32(39)28-20(4)36-33-37(29(28)22-8-11-25(40-5)12-9-22)31(38)27(43-33)15-21-13-18(2)30(19(3)14-21)42-17-23-7-10-24(34)16-26(23)35/h7-16,29H,6,17H2,1-5H3/b27-15-/t29-/m1/s1. The normalized spacial score (nSPS) is 14.8. The summed E-state index contributed by atoms with van der Waals surface area (Å²) in [5, 5.41) is 1.11. The number of carbonyl (C=O) groups is 1. The molecule has 0 saturated heterocycles. The van der Waals surface area contributed by atoms with Crippen molar-refractivity contribution in [1.82, 2.24) is 4.57 Å². The van der Waals surface area contributed by atoms with Gasteiger partial charge in [-0.05, 0) is 92.4 Å². The summed E-state index contributed by atoms with van der Waals surface area (Å²) in [6.45, 7) is 7.94. The molecule has 1 atom stereocenters. The first-order valence-corrected chi connectivity index (χ1v) is 15.2. The average Bonchev–Trinajstić information content (AvgIpc) is 3.26. The molecule has 5 rings (SSSR count). The van der Waals surface area contributed by atoms with Crippen molar-refractivity contribution in [2.75, 3.05) is 13.7 Å². The number of aryl methyl sites for hydroxylation is 2. The third-order valence-electron chi connectivity index (χ3n) is 7.12. The maximum absolute atomic E-state index is 13.9. The average molecular weight is 638 g/mol. The molecule has 0 spiro atoms. The molecule has 0 N–H and O–H groups in total. The van der Waals surface area contributed by atoms with Gasteiger partial charge in [0.2, 0.25) is 0 Å². The Kier molecular flexibility index (Phi) is 9.11. The fourth-order valence-corrected chi connectivity index (χ4v) is 6.64. The lowest BCUT2D eigenvalue weighted by molar-refractivity contribution is -0.139. The first-order valence-electron chi connectivity index (χ1n) is 13.6. The molecule has 1 aromatic heterocycles. The Balaban J connectivity index is 1.54. The van der Waals surface area contributed by atoms with Crippen molar-refractivity contribution in [1.29, 1.82) is 0 Å². The van der Waals surface area contributed by atoms with E-state index in [9.17, 15) is 9.59 Å². The summed E-state index contributed by atoms with van der Waals surface area (Å²) in [6.07, 6.45) is 1.85. The number of hydrogen-bond donors (Lipinski definition) is 0. The number of fused-ring (bicyclic) bond motifs is 1. The summed E-state index contributed by atoms with van der Waals surface area (Å²) < 4.78 is 18.9. The predicted molar refractivity (Wildman–Crippen MR) is 170 cm³/mol. The largest absolute Gasteiger partial charge is 0.497 e. The summed E-state index contributed by atoms with van der Waals surface area (Å²) in [4.78, 5) is 32.2. The highest BCUT2D eigenvalue weighted by atomic mass is 35.5. The van der Waals surface area contributed by atoms with Gasteiger partial charge in [-0.15, -0.1) is 0 Å². The van der Waals surface area contributed by atoms with Gasteiger partial charge in [-0.2, -0.15) is 0 Å². The molecule has 10 heteroatoms. The number of benzene rings is 3. The Morgan fingerprint density at radius 1 is 1.05 bits per heavy atom. The molecule has 1 aliphatic heterocycles. The van der Waals surface area contributed by atoms with Gasteiger partial charge in [0.15, 0.2) is 4.80 Å². The smallest absolute Gasteiger partial charge is 0.338 e. The second-order valence-corrected chi connectivity index (χ2v) is 11.9. The van der Waals surface area contributed by atoms with Crippen molar-refractivity contribution in [3.05, 3.63) is 123 Å². The van der Waals surface area contributed by atoms with Crippen LogP contribution in [0.3, 0.4) is 0 Å². The summed E-state index contributed by atoms with van der Waals surface area (Å²) >= 11 is 13.6. The van der Waals surface area contributed by atoms with Crippen molar-refractivity contribution < 1.29 is 19.0 Å². The van der Waals surface area contributed by atoms with E-state index in [-0.39, 0.29) is 12.2 Å². The number of esters is 1. The molecule has 0 amide bonds. The second-order valence-electron chi connectivity index (χ2n) is 10.1. The zero-order valence-electron chi connectivity index (χ0n) is 24.4. The molecular weight excluding hydrogens is 607 g/mol. The number of hydrogen-bond acceptors (Lipinski definition) is 7. The summed E-state index contributed by atoms with van der Waals surface area (Å²) in [7, 11) is 1.59. The monoisotopic (exact) mass is 636 g/mol. The van der Waals surface area contributed by atoms with E-state index in [0.717, 1.165) is 33.6 Å². The summed E-state index contributed by atoms with van der Waals surface area (Å²) in [5.74, 6) is 0.920. The van der Waals surface area contributed by atoms with Crippen molar-refractivity contribution in [3.63, 3.8) is 0 Å². The molecule has 4 aromatic rings. The van der Waals surface area contributed by atoms with Gasteiger partial charge in [0, 0.05) is 15.6 Å². The zero-order valence-corrected chi connectivity index (χ0v) is 26.7. The highest BCUT2D eigenvalue weighted by molar-refractivity contribution is 7.07. The Labute approximate surface area is 263 Å². The van der Waals surface area contributed by atoms with Crippen molar-refractivity contribution >= 4 is 46.6 Å². The molecule has 3 aromatic carbocycles. The van der Waals surface area contributed by atoms with Crippen LogP contribution in [-0.2, 0) is 16.1 Å². The van der Waals surface area contributed by atoms with E-state index in [2.05, 4.69) is 4.99 Å². The Hall–Kier alpha value is -3.85. The maximum Gasteiger partial charge on any atom is 0.338 e. The van der Waals surface area contributed by atoms with E-state index in [1.54, 1.807) is 49.8 Å². The van der Waals surface area contributed by atoms with Gasteiger partial charge in [-0.25, -0.2) is 9.79 Å². The van der Waals surface area contributed by atoms with E-state index >= 15 is 0 Å². The Morgan fingerprint density at radius 2 is 1.74 bits per heavy atom. The third-order valence-corrected chi connectivity index (χ3v) is 8.69. The lowest BCUT2D eigenvalue weighted by Crippen LogP contribution is -2.39. The van der Waals surface area contributed by atoms with E-state index in [4.69, 9.17) is 37.4 Å². The number of nitrogens with zero attached hydrogens (tertiary/aromatic N) is 2. The number of allylic oxidation sites excluding steroid dienone is 1. The molecule has 0 unspecified atom stereocenters. The number of halogens is 2. The Bertz CT molecular complexity index is 1900. The SMILES string of the molecule is CCOC(=O)C1=C(C)N=c2s/c(=C\c3cc(C)c(OCc4ccc(Cl)cc4Cl)c(C)c3)c(=O)n2[C@@H]1c1ccc(OC)cc1. The van der Waals surface area contributed by atoms with Gasteiger partial charge < -0.3 is 14.2 Å².